The summed E-state index contributed by atoms with van der Waals surface area (Å²) >= 11 is 0. The summed E-state index contributed by atoms with van der Waals surface area (Å²) in [7, 11) is 1.37. The van der Waals surface area contributed by atoms with Gasteiger partial charge in [0, 0.05) is 24.8 Å². The fourth-order valence-electron chi connectivity index (χ4n) is 3.53. The van der Waals surface area contributed by atoms with E-state index in [1.807, 2.05) is 61.5 Å². The Morgan fingerprint density at radius 2 is 1.68 bits per heavy atom. The Bertz CT molecular complexity index is 802. The molecule has 1 fully saturated rings. The van der Waals surface area contributed by atoms with Crippen LogP contribution in [0.1, 0.15) is 41.7 Å². The number of carbonyl (C=O) groups excluding carboxylic acids is 2. The molecule has 1 aliphatic heterocycles. The summed E-state index contributed by atoms with van der Waals surface area (Å²) in [6.45, 7) is 3.53. The van der Waals surface area contributed by atoms with Crippen LogP contribution in [-0.4, -0.2) is 38.2 Å². The van der Waals surface area contributed by atoms with Crippen molar-refractivity contribution in [3.63, 3.8) is 0 Å². The van der Waals surface area contributed by atoms with Crippen molar-refractivity contribution in [2.75, 3.05) is 25.1 Å². The zero-order valence-electron chi connectivity index (χ0n) is 16.4. The molecule has 1 unspecified atom stereocenters. The Kier molecular flexibility index (Phi) is 6.53. The van der Waals surface area contributed by atoms with Crippen molar-refractivity contribution in [1.82, 2.24) is 10.6 Å². The second kappa shape index (κ2) is 9.26. The van der Waals surface area contributed by atoms with E-state index in [1.165, 1.54) is 7.11 Å². The summed E-state index contributed by atoms with van der Waals surface area (Å²) in [5.41, 5.74) is 2.67. The second-order valence-corrected chi connectivity index (χ2v) is 7.02. The van der Waals surface area contributed by atoms with Gasteiger partial charge < -0.3 is 20.3 Å². The molecule has 1 atom stereocenters. The third kappa shape index (κ3) is 4.82. The van der Waals surface area contributed by atoms with E-state index in [-0.39, 0.29) is 18.0 Å². The molecule has 6 nitrogen and oxygen atoms in total. The smallest absolute Gasteiger partial charge is 0.407 e. The van der Waals surface area contributed by atoms with Crippen LogP contribution < -0.4 is 15.5 Å². The molecule has 2 aromatic carbocycles. The van der Waals surface area contributed by atoms with Crippen molar-refractivity contribution < 1.29 is 14.3 Å². The van der Waals surface area contributed by atoms with Gasteiger partial charge in [-0.1, -0.05) is 42.5 Å². The number of hydrogen-bond acceptors (Lipinski definition) is 4. The lowest BCUT2D eigenvalue weighted by Gasteiger charge is -2.34. The molecule has 3 rings (SSSR count). The topological polar surface area (TPSA) is 70.7 Å². The van der Waals surface area contributed by atoms with Crippen molar-refractivity contribution in [2.45, 2.75) is 31.8 Å². The van der Waals surface area contributed by atoms with Gasteiger partial charge in [-0.15, -0.1) is 0 Å². The Hall–Kier alpha value is -3.02. The number of methoxy groups -OCH3 is 1. The number of amides is 2. The van der Waals surface area contributed by atoms with Crippen LogP contribution in [0.15, 0.2) is 54.6 Å². The lowest BCUT2D eigenvalue weighted by atomic mass is 10.0. The Morgan fingerprint density at radius 3 is 2.36 bits per heavy atom. The molecule has 2 N–H and O–H groups in total. The predicted octanol–water partition coefficient (Wildman–Crippen LogP) is 3.50. The van der Waals surface area contributed by atoms with E-state index in [0.717, 1.165) is 37.2 Å². The van der Waals surface area contributed by atoms with Gasteiger partial charge in [-0.2, -0.15) is 0 Å². The molecule has 148 valence electrons. The van der Waals surface area contributed by atoms with Crippen molar-refractivity contribution in [3.05, 3.63) is 65.7 Å². The summed E-state index contributed by atoms with van der Waals surface area (Å²) in [6, 6.07) is 17.6. The third-order valence-electron chi connectivity index (χ3n) is 5.14. The summed E-state index contributed by atoms with van der Waals surface area (Å²) in [5, 5.41) is 5.95. The van der Waals surface area contributed by atoms with E-state index in [0.29, 0.717) is 5.56 Å². The molecule has 0 aromatic heterocycles. The fraction of sp³-hybridized carbons (Fsp3) is 0.364. The highest BCUT2D eigenvalue weighted by Crippen LogP contribution is 2.25. The van der Waals surface area contributed by atoms with E-state index < -0.39 is 6.09 Å². The minimum Gasteiger partial charge on any atom is -0.453 e. The van der Waals surface area contributed by atoms with Crippen LogP contribution in [0.2, 0.25) is 0 Å². The quantitative estimate of drug-likeness (QED) is 0.832. The van der Waals surface area contributed by atoms with Crippen molar-refractivity contribution >= 4 is 17.7 Å². The van der Waals surface area contributed by atoms with E-state index >= 15 is 0 Å². The van der Waals surface area contributed by atoms with Crippen molar-refractivity contribution in [2.24, 2.45) is 0 Å². The lowest BCUT2D eigenvalue weighted by Crippen LogP contribution is -2.45. The molecular weight excluding hydrogens is 354 g/mol. The second-order valence-electron chi connectivity index (χ2n) is 7.02. The van der Waals surface area contributed by atoms with Crippen LogP contribution in [0, 0.1) is 0 Å². The summed E-state index contributed by atoms with van der Waals surface area (Å²) < 4.78 is 4.67. The summed E-state index contributed by atoms with van der Waals surface area (Å²) in [6.07, 6.45) is 1.23. The van der Waals surface area contributed by atoms with Crippen LogP contribution in [0.3, 0.4) is 0 Å². The van der Waals surface area contributed by atoms with Crippen LogP contribution >= 0.6 is 0 Å². The molecule has 0 bridgehead atoms. The Balaban J connectivity index is 1.66. The number of hydrogen-bond donors (Lipinski definition) is 2. The Labute approximate surface area is 165 Å². The number of carbonyl (C=O) groups is 2. The number of para-hydroxylation sites is 1. The number of piperidine rings is 1. The number of nitrogens with zero attached hydrogens (tertiary/aromatic N) is 1. The predicted molar refractivity (Wildman–Crippen MR) is 110 cm³/mol. The summed E-state index contributed by atoms with van der Waals surface area (Å²) in [5.74, 6) is -0.0817. The first-order valence-corrected chi connectivity index (χ1v) is 9.62. The SMILES string of the molecule is COC(=O)NC1CCN(c2ccccc2C(=O)NC(C)c2ccccc2)CC1. The molecule has 0 radical (unpaired) electrons. The van der Waals surface area contributed by atoms with Crippen molar-refractivity contribution in [1.29, 1.82) is 0 Å². The molecule has 2 amide bonds. The van der Waals surface area contributed by atoms with Gasteiger partial charge in [-0.25, -0.2) is 4.79 Å². The third-order valence-corrected chi connectivity index (χ3v) is 5.14. The standard InChI is InChI=1S/C22H27N3O3/c1-16(17-8-4-3-5-9-17)23-21(26)19-10-6-7-11-20(19)25-14-12-18(13-15-25)24-22(27)28-2/h3-11,16,18H,12-15H2,1-2H3,(H,23,26)(H,24,27). The average Bonchev–Trinajstić information content (AvgIpc) is 2.74. The highest BCUT2D eigenvalue weighted by atomic mass is 16.5. The first-order chi connectivity index (χ1) is 13.6. The summed E-state index contributed by atoms with van der Waals surface area (Å²) in [4.78, 5) is 26.5. The lowest BCUT2D eigenvalue weighted by molar-refractivity contribution is 0.0940. The van der Waals surface area contributed by atoms with Gasteiger partial charge in [-0.3, -0.25) is 4.79 Å². The number of alkyl carbamates (subject to hydrolysis) is 1. The monoisotopic (exact) mass is 381 g/mol. The van der Waals surface area contributed by atoms with Crippen LogP contribution in [0.4, 0.5) is 10.5 Å². The average molecular weight is 381 g/mol. The number of benzene rings is 2. The number of anilines is 1. The molecule has 6 heteroatoms. The van der Waals surface area contributed by atoms with Crippen molar-refractivity contribution in [3.8, 4) is 0 Å². The molecule has 28 heavy (non-hydrogen) atoms. The Morgan fingerprint density at radius 1 is 1.04 bits per heavy atom. The largest absolute Gasteiger partial charge is 0.453 e. The maximum atomic E-state index is 12.9. The van der Waals surface area contributed by atoms with Gasteiger partial charge in [0.2, 0.25) is 0 Å². The van der Waals surface area contributed by atoms with Gasteiger partial charge in [0.05, 0.1) is 18.7 Å². The molecule has 1 saturated heterocycles. The number of rotatable bonds is 5. The molecule has 2 aromatic rings. The zero-order valence-corrected chi connectivity index (χ0v) is 16.4. The maximum absolute atomic E-state index is 12.9. The van der Waals surface area contributed by atoms with Crippen LogP contribution in [0.25, 0.3) is 0 Å². The molecule has 0 aliphatic carbocycles. The van der Waals surface area contributed by atoms with E-state index in [2.05, 4.69) is 20.3 Å². The van der Waals surface area contributed by atoms with Gasteiger partial charge >= 0.3 is 6.09 Å². The van der Waals surface area contributed by atoms with Crippen LogP contribution in [0.5, 0.6) is 0 Å². The van der Waals surface area contributed by atoms with Gasteiger partial charge in [0.1, 0.15) is 0 Å². The zero-order chi connectivity index (χ0) is 19.9. The normalized spacial score (nSPS) is 15.6. The highest BCUT2D eigenvalue weighted by Gasteiger charge is 2.24. The van der Waals surface area contributed by atoms with E-state index in [4.69, 9.17) is 0 Å². The number of ether oxygens (including phenoxy) is 1. The molecule has 1 heterocycles. The minimum atomic E-state index is -0.395. The van der Waals surface area contributed by atoms with Gasteiger partial charge in [-0.05, 0) is 37.5 Å². The van der Waals surface area contributed by atoms with E-state index in [9.17, 15) is 9.59 Å². The fourth-order valence-corrected chi connectivity index (χ4v) is 3.53. The minimum absolute atomic E-state index is 0.0725. The maximum Gasteiger partial charge on any atom is 0.407 e. The molecule has 0 saturated carbocycles. The van der Waals surface area contributed by atoms with Gasteiger partial charge in [0.25, 0.3) is 5.91 Å². The van der Waals surface area contributed by atoms with E-state index in [1.54, 1.807) is 0 Å². The first kappa shape index (κ1) is 19.7. The molecule has 0 spiro atoms. The number of nitrogens with one attached hydrogen (secondary N) is 2. The van der Waals surface area contributed by atoms with Crippen LogP contribution in [-0.2, 0) is 4.74 Å². The first-order valence-electron chi connectivity index (χ1n) is 9.62. The molecular formula is C22H27N3O3. The highest BCUT2D eigenvalue weighted by molar-refractivity contribution is 6.00. The van der Waals surface area contributed by atoms with Gasteiger partial charge in [0.15, 0.2) is 0 Å². The molecule has 1 aliphatic rings.